The van der Waals surface area contributed by atoms with Crippen LogP contribution in [0.25, 0.3) is 11.1 Å². The molecule has 0 radical (unpaired) electrons. The monoisotopic (exact) mass is 280 g/mol. The van der Waals surface area contributed by atoms with Crippen LogP contribution in [0.3, 0.4) is 0 Å². The van der Waals surface area contributed by atoms with Gasteiger partial charge in [-0.1, -0.05) is 82.5 Å². The van der Waals surface area contributed by atoms with Crippen molar-refractivity contribution < 1.29 is 0 Å². The lowest BCUT2D eigenvalue weighted by atomic mass is 9.87. The van der Waals surface area contributed by atoms with Crippen molar-refractivity contribution in [3.8, 4) is 11.1 Å². The van der Waals surface area contributed by atoms with Gasteiger partial charge in [-0.3, -0.25) is 0 Å². The summed E-state index contributed by atoms with van der Waals surface area (Å²) in [6.07, 6.45) is 7.20. The third kappa shape index (κ3) is 3.97. The van der Waals surface area contributed by atoms with E-state index in [9.17, 15) is 0 Å². The third-order valence-electron chi connectivity index (χ3n) is 4.00. The summed E-state index contributed by atoms with van der Waals surface area (Å²) in [4.78, 5) is 0. The standard InChI is InChI=1S/C21H28/c1-4-10-17-15-19(11-5-2)21(20(16-17)12-6-3)18-13-8-7-9-14-18/h7-9,13-16H,4-6,10-12H2,1-3H3. The molecule has 0 N–H and O–H groups in total. The Morgan fingerprint density at radius 3 is 1.67 bits per heavy atom. The average Bonchev–Trinajstić information content (AvgIpc) is 2.49. The van der Waals surface area contributed by atoms with E-state index in [1.54, 1.807) is 0 Å². The lowest BCUT2D eigenvalue weighted by Gasteiger charge is -2.17. The second-order valence-electron chi connectivity index (χ2n) is 5.91. The van der Waals surface area contributed by atoms with Crippen LogP contribution in [0.4, 0.5) is 0 Å². The van der Waals surface area contributed by atoms with E-state index in [0.29, 0.717) is 0 Å². The van der Waals surface area contributed by atoms with E-state index in [-0.39, 0.29) is 0 Å². The summed E-state index contributed by atoms with van der Waals surface area (Å²) >= 11 is 0. The minimum absolute atomic E-state index is 1.18. The molecule has 0 saturated heterocycles. The fourth-order valence-electron chi connectivity index (χ4n) is 3.18. The van der Waals surface area contributed by atoms with Gasteiger partial charge in [-0.2, -0.15) is 0 Å². The molecular formula is C21H28. The molecule has 0 nitrogen and oxygen atoms in total. The van der Waals surface area contributed by atoms with Crippen molar-refractivity contribution in [3.05, 3.63) is 59.2 Å². The molecule has 0 fully saturated rings. The molecular weight excluding hydrogens is 252 g/mol. The highest BCUT2D eigenvalue weighted by Crippen LogP contribution is 2.31. The molecule has 0 heteroatoms. The summed E-state index contributed by atoms with van der Waals surface area (Å²) in [5.41, 5.74) is 7.48. The molecule has 0 aliphatic heterocycles. The van der Waals surface area contributed by atoms with E-state index in [1.165, 1.54) is 66.3 Å². The number of aryl methyl sites for hydroxylation is 3. The van der Waals surface area contributed by atoms with Crippen molar-refractivity contribution in [1.82, 2.24) is 0 Å². The first-order valence-electron chi connectivity index (χ1n) is 8.50. The van der Waals surface area contributed by atoms with Crippen LogP contribution in [0, 0.1) is 0 Å². The second-order valence-corrected chi connectivity index (χ2v) is 5.91. The topological polar surface area (TPSA) is 0 Å². The van der Waals surface area contributed by atoms with Crippen LogP contribution in [-0.2, 0) is 19.3 Å². The van der Waals surface area contributed by atoms with Crippen LogP contribution < -0.4 is 0 Å². The van der Waals surface area contributed by atoms with Crippen LogP contribution in [0.5, 0.6) is 0 Å². The van der Waals surface area contributed by atoms with Gasteiger partial charge in [0, 0.05) is 0 Å². The van der Waals surface area contributed by atoms with Gasteiger partial charge in [0.15, 0.2) is 0 Å². The van der Waals surface area contributed by atoms with Gasteiger partial charge in [0.1, 0.15) is 0 Å². The highest BCUT2D eigenvalue weighted by molar-refractivity contribution is 5.72. The van der Waals surface area contributed by atoms with E-state index in [0.717, 1.165) is 0 Å². The lowest BCUT2D eigenvalue weighted by Crippen LogP contribution is -2.00. The minimum Gasteiger partial charge on any atom is -0.0651 e. The molecule has 0 spiro atoms. The second kappa shape index (κ2) is 8.02. The van der Waals surface area contributed by atoms with E-state index in [4.69, 9.17) is 0 Å². The molecule has 2 aromatic carbocycles. The predicted octanol–water partition coefficient (Wildman–Crippen LogP) is 6.21. The molecule has 21 heavy (non-hydrogen) atoms. The molecule has 2 rings (SSSR count). The van der Waals surface area contributed by atoms with Crippen molar-refractivity contribution >= 4 is 0 Å². The summed E-state index contributed by atoms with van der Waals surface area (Å²) in [5.74, 6) is 0. The van der Waals surface area contributed by atoms with Crippen molar-refractivity contribution in [3.63, 3.8) is 0 Å². The Morgan fingerprint density at radius 2 is 1.19 bits per heavy atom. The van der Waals surface area contributed by atoms with Gasteiger partial charge >= 0.3 is 0 Å². The van der Waals surface area contributed by atoms with Crippen molar-refractivity contribution in [2.24, 2.45) is 0 Å². The quantitative estimate of drug-likeness (QED) is 0.565. The van der Waals surface area contributed by atoms with Crippen molar-refractivity contribution in [2.45, 2.75) is 59.3 Å². The summed E-state index contributed by atoms with van der Waals surface area (Å²) in [7, 11) is 0. The Hall–Kier alpha value is -1.56. The fourth-order valence-corrected chi connectivity index (χ4v) is 3.18. The molecule has 0 aliphatic rings. The third-order valence-corrected chi connectivity index (χ3v) is 4.00. The zero-order valence-electron chi connectivity index (χ0n) is 13.8. The summed E-state index contributed by atoms with van der Waals surface area (Å²) < 4.78 is 0. The van der Waals surface area contributed by atoms with Crippen LogP contribution in [0.2, 0.25) is 0 Å². The first-order valence-corrected chi connectivity index (χ1v) is 8.50. The van der Waals surface area contributed by atoms with Gasteiger partial charge in [0.25, 0.3) is 0 Å². The predicted molar refractivity (Wildman–Crippen MR) is 93.9 cm³/mol. The van der Waals surface area contributed by atoms with E-state index in [1.807, 2.05) is 0 Å². The molecule has 0 saturated carbocycles. The van der Waals surface area contributed by atoms with Crippen LogP contribution in [0.15, 0.2) is 42.5 Å². The Labute approximate surface area is 130 Å². The van der Waals surface area contributed by atoms with E-state index >= 15 is 0 Å². The van der Waals surface area contributed by atoms with Crippen LogP contribution >= 0.6 is 0 Å². The maximum Gasteiger partial charge on any atom is -0.0120 e. The minimum atomic E-state index is 1.18. The summed E-state index contributed by atoms with van der Waals surface area (Å²) in [6, 6.07) is 15.8. The van der Waals surface area contributed by atoms with Crippen molar-refractivity contribution in [1.29, 1.82) is 0 Å². The summed E-state index contributed by atoms with van der Waals surface area (Å²) in [6.45, 7) is 6.83. The number of hydrogen-bond acceptors (Lipinski definition) is 0. The Morgan fingerprint density at radius 1 is 0.667 bits per heavy atom. The number of rotatable bonds is 7. The Balaban J connectivity index is 2.57. The molecule has 0 amide bonds. The SMILES string of the molecule is CCCc1cc(CCC)c(-c2ccccc2)c(CCC)c1. The molecule has 0 aliphatic carbocycles. The maximum atomic E-state index is 2.45. The molecule has 0 bridgehead atoms. The smallest absolute Gasteiger partial charge is 0.0120 e. The highest BCUT2D eigenvalue weighted by Gasteiger charge is 2.12. The molecule has 112 valence electrons. The van der Waals surface area contributed by atoms with Gasteiger partial charge in [0.05, 0.1) is 0 Å². The molecule has 0 atom stereocenters. The molecule has 0 unspecified atom stereocenters. The normalized spacial score (nSPS) is 10.8. The first-order chi connectivity index (χ1) is 10.3. The van der Waals surface area contributed by atoms with Gasteiger partial charge in [-0.25, -0.2) is 0 Å². The van der Waals surface area contributed by atoms with E-state index in [2.05, 4.69) is 63.2 Å². The van der Waals surface area contributed by atoms with Crippen molar-refractivity contribution in [2.75, 3.05) is 0 Å². The Kier molecular flexibility index (Phi) is 6.04. The van der Waals surface area contributed by atoms with Gasteiger partial charge < -0.3 is 0 Å². The largest absolute Gasteiger partial charge is 0.0651 e. The zero-order chi connectivity index (χ0) is 15.1. The number of benzene rings is 2. The molecule has 0 aromatic heterocycles. The van der Waals surface area contributed by atoms with E-state index < -0.39 is 0 Å². The molecule has 0 heterocycles. The average molecular weight is 280 g/mol. The fraction of sp³-hybridized carbons (Fsp3) is 0.429. The van der Waals surface area contributed by atoms with Gasteiger partial charge in [0.2, 0.25) is 0 Å². The molecule has 2 aromatic rings. The maximum absolute atomic E-state index is 2.45. The summed E-state index contributed by atoms with van der Waals surface area (Å²) in [5, 5.41) is 0. The van der Waals surface area contributed by atoms with Crippen LogP contribution in [-0.4, -0.2) is 0 Å². The number of hydrogen-bond donors (Lipinski definition) is 0. The highest BCUT2D eigenvalue weighted by atomic mass is 14.2. The zero-order valence-corrected chi connectivity index (χ0v) is 13.8. The van der Waals surface area contributed by atoms with Crippen LogP contribution in [0.1, 0.15) is 56.7 Å². The Bertz CT molecular complexity index is 525. The lowest BCUT2D eigenvalue weighted by molar-refractivity contribution is 0.873. The van der Waals surface area contributed by atoms with Gasteiger partial charge in [-0.05, 0) is 47.1 Å². The van der Waals surface area contributed by atoms with Gasteiger partial charge in [-0.15, -0.1) is 0 Å². The first kappa shape index (κ1) is 15.8.